The van der Waals surface area contributed by atoms with E-state index in [0.29, 0.717) is 0 Å². The predicted molar refractivity (Wildman–Crippen MR) is 112 cm³/mol. The van der Waals surface area contributed by atoms with Gasteiger partial charge in [0, 0.05) is 0 Å². The highest BCUT2D eigenvalue weighted by Gasteiger charge is 2.16. The van der Waals surface area contributed by atoms with Crippen LogP contribution in [0.1, 0.15) is 11.1 Å². The quantitative estimate of drug-likeness (QED) is 0.368. The fraction of sp³-hybridized carbons (Fsp3) is 0.0769. The molecular weight excluding hydrogens is 312 g/mol. The first kappa shape index (κ1) is 16.4. The molecule has 0 aliphatic heterocycles. The number of hydrogen-bond donors (Lipinski definition) is 0. The first-order valence-corrected chi connectivity index (χ1v) is 9.06. The van der Waals surface area contributed by atoms with Crippen LogP contribution in [0.25, 0.3) is 33.4 Å². The summed E-state index contributed by atoms with van der Waals surface area (Å²) < 4.78 is 0. The van der Waals surface area contributed by atoms with Crippen molar-refractivity contribution < 1.29 is 0 Å². The number of benzene rings is 4. The Morgan fingerprint density at radius 3 is 1.15 bits per heavy atom. The Labute approximate surface area is 155 Å². The fourth-order valence-electron chi connectivity index (χ4n) is 3.72. The summed E-state index contributed by atoms with van der Waals surface area (Å²) in [5, 5.41) is 0. The topological polar surface area (TPSA) is 0 Å². The lowest BCUT2D eigenvalue weighted by Gasteiger charge is -2.19. The highest BCUT2D eigenvalue weighted by atomic mass is 14.2. The minimum atomic E-state index is 1.26. The van der Waals surface area contributed by atoms with Gasteiger partial charge in [0.05, 0.1) is 0 Å². The van der Waals surface area contributed by atoms with E-state index in [1.54, 1.807) is 0 Å². The van der Waals surface area contributed by atoms with Crippen molar-refractivity contribution in [2.24, 2.45) is 0 Å². The molecule has 4 aromatic rings. The van der Waals surface area contributed by atoms with Crippen molar-refractivity contribution in [3.8, 4) is 33.4 Å². The van der Waals surface area contributed by atoms with Crippen molar-refractivity contribution >= 4 is 0 Å². The highest BCUT2D eigenvalue weighted by molar-refractivity contribution is 5.94. The molecule has 0 bridgehead atoms. The van der Waals surface area contributed by atoms with E-state index in [2.05, 4.69) is 111 Å². The maximum atomic E-state index is 2.24. The van der Waals surface area contributed by atoms with Crippen LogP contribution in [0.2, 0.25) is 0 Å². The molecule has 0 amide bonds. The lowest BCUT2D eigenvalue weighted by molar-refractivity contribution is 1.40. The van der Waals surface area contributed by atoms with E-state index in [0.717, 1.165) is 0 Å². The van der Waals surface area contributed by atoms with E-state index in [1.165, 1.54) is 44.5 Å². The largest absolute Gasteiger partial charge is 0.0622 e. The van der Waals surface area contributed by atoms with Crippen LogP contribution in [-0.2, 0) is 0 Å². The van der Waals surface area contributed by atoms with Crippen LogP contribution in [0.15, 0.2) is 97.1 Å². The van der Waals surface area contributed by atoms with Gasteiger partial charge >= 0.3 is 0 Å². The van der Waals surface area contributed by atoms with Crippen LogP contribution in [0.3, 0.4) is 0 Å². The van der Waals surface area contributed by atoms with E-state index in [-0.39, 0.29) is 0 Å². The molecule has 0 atom stereocenters. The van der Waals surface area contributed by atoms with Crippen LogP contribution in [0, 0.1) is 13.8 Å². The molecule has 0 nitrogen and oxygen atoms in total. The maximum Gasteiger partial charge on any atom is -0.00672 e. The fourth-order valence-corrected chi connectivity index (χ4v) is 3.72. The molecule has 0 aliphatic carbocycles. The van der Waals surface area contributed by atoms with Crippen molar-refractivity contribution in [1.29, 1.82) is 0 Å². The molecular formula is C26H22. The van der Waals surface area contributed by atoms with E-state index in [4.69, 9.17) is 0 Å². The van der Waals surface area contributed by atoms with Gasteiger partial charge in [-0.25, -0.2) is 0 Å². The van der Waals surface area contributed by atoms with E-state index in [1.807, 2.05) is 0 Å². The zero-order valence-electron chi connectivity index (χ0n) is 15.2. The third kappa shape index (κ3) is 2.95. The normalized spacial score (nSPS) is 10.7. The second-order valence-corrected chi connectivity index (χ2v) is 6.73. The zero-order chi connectivity index (χ0) is 17.9. The molecule has 0 aliphatic rings. The lowest BCUT2D eigenvalue weighted by atomic mass is 9.84. The zero-order valence-corrected chi connectivity index (χ0v) is 15.2. The van der Waals surface area contributed by atoms with Crippen LogP contribution >= 0.6 is 0 Å². The van der Waals surface area contributed by atoms with Crippen LogP contribution in [0.5, 0.6) is 0 Å². The van der Waals surface area contributed by atoms with Gasteiger partial charge in [-0.2, -0.15) is 0 Å². The summed E-state index contributed by atoms with van der Waals surface area (Å²) in [6.07, 6.45) is 0. The molecule has 0 saturated carbocycles. The number of aryl methyl sites for hydroxylation is 2. The molecule has 4 rings (SSSR count). The van der Waals surface area contributed by atoms with Gasteiger partial charge in [-0.3, -0.25) is 0 Å². The van der Waals surface area contributed by atoms with Gasteiger partial charge in [-0.05, 0) is 58.4 Å². The molecule has 0 aromatic heterocycles. The van der Waals surface area contributed by atoms with Gasteiger partial charge in [0.15, 0.2) is 0 Å². The van der Waals surface area contributed by atoms with Crippen molar-refractivity contribution in [3.63, 3.8) is 0 Å². The van der Waals surface area contributed by atoms with E-state index < -0.39 is 0 Å². The van der Waals surface area contributed by atoms with E-state index >= 15 is 0 Å². The summed E-state index contributed by atoms with van der Waals surface area (Å²) in [6.45, 7) is 4.42. The summed E-state index contributed by atoms with van der Waals surface area (Å²) >= 11 is 0. The highest BCUT2D eigenvalue weighted by Crippen LogP contribution is 2.41. The molecule has 126 valence electrons. The minimum Gasteiger partial charge on any atom is -0.0622 e. The van der Waals surface area contributed by atoms with Gasteiger partial charge in [0.1, 0.15) is 0 Å². The van der Waals surface area contributed by atoms with Crippen molar-refractivity contribution in [1.82, 2.24) is 0 Å². The van der Waals surface area contributed by atoms with Crippen LogP contribution < -0.4 is 0 Å². The Morgan fingerprint density at radius 1 is 0.385 bits per heavy atom. The van der Waals surface area contributed by atoms with Crippen LogP contribution in [-0.4, -0.2) is 0 Å². The number of rotatable bonds is 3. The van der Waals surface area contributed by atoms with E-state index in [9.17, 15) is 0 Å². The third-order valence-corrected chi connectivity index (χ3v) is 4.97. The second-order valence-electron chi connectivity index (χ2n) is 6.73. The van der Waals surface area contributed by atoms with Gasteiger partial charge in [-0.1, -0.05) is 97.1 Å². The Balaban J connectivity index is 2.04. The maximum absolute atomic E-state index is 2.24. The van der Waals surface area contributed by atoms with Crippen molar-refractivity contribution in [2.45, 2.75) is 13.8 Å². The Bertz CT molecular complexity index is 941. The molecule has 26 heavy (non-hydrogen) atoms. The summed E-state index contributed by atoms with van der Waals surface area (Å²) in [6, 6.07) is 34.6. The molecule has 0 spiro atoms. The van der Waals surface area contributed by atoms with Crippen molar-refractivity contribution in [3.05, 3.63) is 108 Å². The average Bonchev–Trinajstić information content (AvgIpc) is 2.69. The molecule has 4 aromatic carbocycles. The molecule has 0 unspecified atom stereocenters. The SMILES string of the molecule is Cc1cccc(-c2ccccc2)c1-c1c(C)cccc1-c1ccccc1. The van der Waals surface area contributed by atoms with Gasteiger partial charge in [0.25, 0.3) is 0 Å². The first-order chi connectivity index (χ1) is 12.8. The monoisotopic (exact) mass is 334 g/mol. The lowest BCUT2D eigenvalue weighted by Crippen LogP contribution is -1.94. The standard InChI is InChI=1S/C26H22/c1-19-11-9-17-23(21-13-5-3-6-14-21)25(19)26-20(2)12-10-18-24(26)22-15-7-4-8-16-22/h3-18H,1-2H3. The summed E-state index contributed by atoms with van der Waals surface area (Å²) in [4.78, 5) is 0. The first-order valence-electron chi connectivity index (χ1n) is 9.06. The molecule has 0 N–H and O–H groups in total. The number of hydrogen-bond acceptors (Lipinski definition) is 0. The Kier molecular flexibility index (Phi) is 4.41. The summed E-state index contributed by atoms with van der Waals surface area (Å²) in [5.41, 5.74) is 10.4. The van der Waals surface area contributed by atoms with Gasteiger partial charge in [-0.15, -0.1) is 0 Å². The van der Waals surface area contributed by atoms with Gasteiger partial charge < -0.3 is 0 Å². The molecule has 0 heteroatoms. The smallest absolute Gasteiger partial charge is 0.00672 e. The third-order valence-electron chi connectivity index (χ3n) is 4.97. The van der Waals surface area contributed by atoms with Crippen LogP contribution in [0.4, 0.5) is 0 Å². The van der Waals surface area contributed by atoms with Gasteiger partial charge in [0.2, 0.25) is 0 Å². The summed E-state index contributed by atoms with van der Waals surface area (Å²) in [7, 11) is 0. The molecule has 0 radical (unpaired) electrons. The molecule has 0 fully saturated rings. The Hall–Kier alpha value is -3.12. The second kappa shape index (κ2) is 7.01. The van der Waals surface area contributed by atoms with Crippen molar-refractivity contribution in [2.75, 3.05) is 0 Å². The Morgan fingerprint density at radius 2 is 0.769 bits per heavy atom. The predicted octanol–water partition coefficient (Wildman–Crippen LogP) is 7.30. The minimum absolute atomic E-state index is 1.26. The average molecular weight is 334 g/mol. The molecule has 0 heterocycles. The molecule has 0 saturated heterocycles. The summed E-state index contributed by atoms with van der Waals surface area (Å²) in [5.74, 6) is 0.